The molecule has 1 atom stereocenters. The molecule has 0 bridgehead atoms. The van der Waals surface area contributed by atoms with E-state index in [1.807, 2.05) is 0 Å². The number of halogens is 2. The van der Waals surface area contributed by atoms with Gasteiger partial charge in [0.2, 0.25) is 11.8 Å². The minimum absolute atomic E-state index is 0.0371. The van der Waals surface area contributed by atoms with Gasteiger partial charge in [0.25, 0.3) is 10.0 Å². The fourth-order valence-electron chi connectivity index (χ4n) is 4.82. The number of nitrogens with zero attached hydrogens (tertiary/aromatic N) is 2. The average molecular weight is 603 g/mol. The number of amides is 2. The number of carbonyl (C=O) groups excluding carboxylic acids is 2. The first-order chi connectivity index (χ1) is 19.1. The molecular formula is C30H33Cl2N3O4S. The summed E-state index contributed by atoms with van der Waals surface area (Å²) in [5.74, 6) is -0.796. The average Bonchev–Trinajstić information content (AvgIpc) is 2.96. The molecule has 3 aromatic carbocycles. The molecule has 1 N–H and O–H groups in total. The van der Waals surface area contributed by atoms with Gasteiger partial charge < -0.3 is 10.2 Å². The van der Waals surface area contributed by atoms with Gasteiger partial charge in [0.05, 0.1) is 10.6 Å². The standard InChI is InChI=1S/C30H33Cl2N3O4S/c1-22(30(37)33-26-10-4-2-5-11-26)34(20-23-15-17-24(31)18-16-23)29(36)21-35(27-12-8-9-25(32)19-27)40(38,39)28-13-6-3-7-14-28/h3,6-9,12-19,22,26H,2,4-5,10-11,20-21H2,1H3,(H,33,37). The maximum atomic E-state index is 14.0. The highest BCUT2D eigenvalue weighted by molar-refractivity contribution is 7.92. The van der Waals surface area contributed by atoms with Crippen LogP contribution in [0.1, 0.15) is 44.6 Å². The lowest BCUT2D eigenvalue weighted by Crippen LogP contribution is -2.53. The molecule has 1 aliphatic rings. The molecule has 3 aromatic rings. The summed E-state index contributed by atoms with van der Waals surface area (Å²) in [6.45, 7) is 1.25. The van der Waals surface area contributed by atoms with E-state index in [-0.39, 0.29) is 29.1 Å². The zero-order valence-corrected chi connectivity index (χ0v) is 24.6. The third-order valence-electron chi connectivity index (χ3n) is 7.09. The second-order valence-electron chi connectivity index (χ2n) is 9.97. The summed E-state index contributed by atoms with van der Waals surface area (Å²) in [5, 5.41) is 3.97. The molecule has 40 heavy (non-hydrogen) atoms. The van der Waals surface area contributed by atoms with Crippen molar-refractivity contribution in [3.8, 4) is 0 Å². The normalized spacial score (nSPS) is 14.8. The van der Waals surface area contributed by atoms with Gasteiger partial charge in [-0.25, -0.2) is 8.42 Å². The third kappa shape index (κ3) is 7.56. The summed E-state index contributed by atoms with van der Waals surface area (Å²) in [6, 6.07) is 20.5. The van der Waals surface area contributed by atoms with E-state index in [0.29, 0.717) is 10.0 Å². The predicted octanol–water partition coefficient (Wildman–Crippen LogP) is 6.05. The van der Waals surface area contributed by atoms with Crippen molar-refractivity contribution >= 4 is 50.7 Å². The quantitative estimate of drug-likeness (QED) is 0.306. The minimum Gasteiger partial charge on any atom is -0.352 e. The molecule has 0 heterocycles. The van der Waals surface area contributed by atoms with E-state index in [2.05, 4.69) is 5.32 Å². The van der Waals surface area contributed by atoms with Gasteiger partial charge in [-0.05, 0) is 67.8 Å². The molecule has 7 nitrogen and oxygen atoms in total. The Morgan fingerprint density at radius 1 is 0.900 bits per heavy atom. The summed E-state index contributed by atoms with van der Waals surface area (Å²) < 4.78 is 28.6. The van der Waals surface area contributed by atoms with Crippen LogP contribution in [0.15, 0.2) is 83.8 Å². The largest absolute Gasteiger partial charge is 0.352 e. The molecule has 4 rings (SSSR count). The Hall–Kier alpha value is -3.07. The number of rotatable bonds is 10. The molecule has 0 aliphatic heterocycles. The molecule has 0 saturated heterocycles. The van der Waals surface area contributed by atoms with Crippen LogP contribution in [0.5, 0.6) is 0 Å². The second kappa shape index (κ2) is 13.5. The fraction of sp³-hybridized carbons (Fsp3) is 0.333. The molecule has 1 saturated carbocycles. The molecule has 0 radical (unpaired) electrons. The van der Waals surface area contributed by atoms with Gasteiger partial charge in [-0.1, -0.05) is 78.9 Å². The maximum absolute atomic E-state index is 14.0. The molecule has 1 aliphatic carbocycles. The monoisotopic (exact) mass is 601 g/mol. The lowest BCUT2D eigenvalue weighted by Gasteiger charge is -2.33. The van der Waals surface area contributed by atoms with Gasteiger partial charge in [-0.2, -0.15) is 0 Å². The Morgan fingerprint density at radius 2 is 1.57 bits per heavy atom. The van der Waals surface area contributed by atoms with Crippen molar-refractivity contribution in [3.63, 3.8) is 0 Å². The maximum Gasteiger partial charge on any atom is 0.264 e. The molecular weight excluding hydrogens is 569 g/mol. The van der Waals surface area contributed by atoms with Crippen molar-refractivity contribution in [2.75, 3.05) is 10.8 Å². The van der Waals surface area contributed by atoms with Crippen LogP contribution < -0.4 is 9.62 Å². The van der Waals surface area contributed by atoms with Gasteiger partial charge >= 0.3 is 0 Å². The summed E-state index contributed by atoms with van der Waals surface area (Å²) in [4.78, 5) is 28.8. The van der Waals surface area contributed by atoms with Crippen LogP contribution in [0.25, 0.3) is 0 Å². The molecule has 2 amide bonds. The first-order valence-electron chi connectivity index (χ1n) is 13.3. The van der Waals surface area contributed by atoms with Crippen molar-refractivity contribution in [2.24, 2.45) is 0 Å². The van der Waals surface area contributed by atoms with Crippen LogP contribution in [0.2, 0.25) is 10.0 Å². The van der Waals surface area contributed by atoms with E-state index in [4.69, 9.17) is 23.2 Å². The van der Waals surface area contributed by atoms with Crippen molar-refractivity contribution in [1.29, 1.82) is 0 Å². The number of nitrogens with one attached hydrogen (secondary N) is 1. The number of benzene rings is 3. The molecule has 1 fully saturated rings. The van der Waals surface area contributed by atoms with E-state index in [9.17, 15) is 18.0 Å². The van der Waals surface area contributed by atoms with Crippen molar-refractivity contribution in [2.45, 2.75) is 62.6 Å². The Kier molecular flexibility index (Phi) is 10.1. The van der Waals surface area contributed by atoms with E-state index >= 15 is 0 Å². The Labute approximate surface area is 246 Å². The second-order valence-corrected chi connectivity index (χ2v) is 12.7. The zero-order valence-electron chi connectivity index (χ0n) is 22.3. The van der Waals surface area contributed by atoms with Gasteiger partial charge in [0, 0.05) is 22.6 Å². The van der Waals surface area contributed by atoms with Crippen molar-refractivity contribution in [3.05, 3.63) is 94.5 Å². The van der Waals surface area contributed by atoms with Crippen molar-refractivity contribution < 1.29 is 18.0 Å². The van der Waals surface area contributed by atoms with E-state index in [1.165, 1.54) is 23.1 Å². The van der Waals surface area contributed by atoms with Gasteiger partial charge in [0.15, 0.2) is 0 Å². The van der Waals surface area contributed by atoms with Gasteiger partial charge in [0.1, 0.15) is 12.6 Å². The summed E-state index contributed by atoms with van der Waals surface area (Å²) in [6.07, 6.45) is 5.07. The van der Waals surface area contributed by atoms with Crippen LogP contribution in [-0.4, -0.2) is 43.8 Å². The smallest absolute Gasteiger partial charge is 0.264 e. The predicted molar refractivity (Wildman–Crippen MR) is 159 cm³/mol. The number of hydrogen-bond acceptors (Lipinski definition) is 4. The van der Waals surface area contributed by atoms with Crippen LogP contribution in [0.4, 0.5) is 5.69 Å². The molecule has 0 aromatic heterocycles. The molecule has 0 spiro atoms. The van der Waals surface area contributed by atoms with Crippen LogP contribution >= 0.6 is 23.2 Å². The van der Waals surface area contributed by atoms with E-state index < -0.39 is 28.5 Å². The third-order valence-corrected chi connectivity index (χ3v) is 9.37. The van der Waals surface area contributed by atoms with Crippen LogP contribution in [-0.2, 0) is 26.2 Å². The SMILES string of the molecule is CC(C(=O)NC1CCCCC1)N(Cc1ccc(Cl)cc1)C(=O)CN(c1cccc(Cl)c1)S(=O)(=O)c1ccccc1. The molecule has 1 unspecified atom stereocenters. The van der Waals surface area contributed by atoms with E-state index in [1.54, 1.807) is 67.6 Å². The zero-order chi connectivity index (χ0) is 28.7. The van der Waals surface area contributed by atoms with Crippen molar-refractivity contribution in [1.82, 2.24) is 10.2 Å². The number of sulfonamides is 1. The lowest BCUT2D eigenvalue weighted by molar-refractivity contribution is -0.139. The topological polar surface area (TPSA) is 86.8 Å². The Balaban J connectivity index is 1.66. The number of anilines is 1. The number of carbonyl (C=O) groups is 2. The molecule has 10 heteroatoms. The lowest BCUT2D eigenvalue weighted by atomic mass is 9.95. The fourth-order valence-corrected chi connectivity index (χ4v) is 6.56. The first kappa shape index (κ1) is 29.9. The summed E-state index contributed by atoms with van der Waals surface area (Å²) in [7, 11) is -4.14. The highest BCUT2D eigenvalue weighted by Gasteiger charge is 2.33. The van der Waals surface area contributed by atoms with Gasteiger partial charge in [-0.3, -0.25) is 13.9 Å². The van der Waals surface area contributed by atoms with Crippen LogP contribution in [0, 0.1) is 0 Å². The minimum atomic E-state index is -4.14. The Bertz CT molecular complexity index is 1410. The Morgan fingerprint density at radius 3 is 2.23 bits per heavy atom. The summed E-state index contributed by atoms with van der Waals surface area (Å²) in [5.41, 5.74) is 1.01. The highest BCUT2D eigenvalue weighted by atomic mass is 35.5. The van der Waals surface area contributed by atoms with Crippen LogP contribution in [0.3, 0.4) is 0 Å². The number of hydrogen-bond donors (Lipinski definition) is 1. The van der Waals surface area contributed by atoms with Gasteiger partial charge in [-0.15, -0.1) is 0 Å². The highest BCUT2D eigenvalue weighted by Crippen LogP contribution is 2.27. The summed E-state index contributed by atoms with van der Waals surface area (Å²) >= 11 is 12.3. The van der Waals surface area contributed by atoms with E-state index in [0.717, 1.165) is 42.0 Å². The first-order valence-corrected chi connectivity index (χ1v) is 15.5. The molecule has 212 valence electrons.